The molecule has 6 heteroatoms. The van der Waals surface area contributed by atoms with Gasteiger partial charge < -0.3 is 19.5 Å². The van der Waals surface area contributed by atoms with Crippen LogP contribution in [0.3, 0.4) is 0 Å². The van der Waals surface area contributed by atoms with Gasteiger partial charge in [0.2, 0.25) is 5.91 Å². The number of benzene rings is 4. The Hall–Kier alpha value is -4.58. The fraction of sp³-hybridized carbons (Fsp3) is 0.161. The van der Waals surface area contributed by atoms with Crippen LogP contribution in [0, 0.1) is 0 Å². The zero-order valence-corrected chi connectivity index (χ0v) is 21.4. The molecule has 1 amide bonds. The number of ether oxygens (including phenoxy) is 3. The number of nitrogens with zero attached hydrogens (tertiary/aromatic N) is 1. The van der Waals surface area contributed by atoms with Gasteiger partial charge in [-0.05, 0) is 47.3 Å². The molecular weight excluding hydrogens is 464 g/mol. The van der Waals surface area contributed by atoms with Crippen molar-refractivity contribution in [2.75, 3.05) is 19.5 Å². The number of methoxy groups -OCH3 is 2. The van der Waals surface area contributed by atoms with Crippen LogP contribution in [-0.2, 0) is 11.2 Å². The van der Waals surface area contributed by atoms with E-state index in [1.807, 2.05) is 98.8 Å². The maximum absolute atomic E-state index is 12.6. The van der Waals surface area contributed by atoms with Crippen molar-refractivity contribution in [1.82, 2.24) is 4.98 Å². The minimum absolute atomic E-state index is 0.0587. The molecule has 0 radical (unpaired) electrons. The van der Waals surface area contributed by atoms with E-state index in [1.165, 1.54) is 0 Å². The molecule has 0 aliphatic rings. The first-order chi connectivity index (χ1) is 18.1. The molecule has 0 saturated carbocycles. The van der Waals surface area contributed by atoms with Crippen LogP contribution in [0.4, 0.5) is 5.69 Å². The second-order valence-electron chi connectivity index (χ2n) is 8.03. The zero-order chi connectivity index (χ0) is 26.2. The molecule has 1 aromatic heterocycles. The van der Waals surface area contributed by atoms with Crippen LogP contribution in [0.5, 0.6) is 23.0 Å². The Bertz CT molecular complexity index is 1520. The predicted molar refractivity (Wildman–Crippen MR) is 149 cm³/mol. The third kappa shape index (κ3) is 5.81. The van der Waals surface area contributed by atoms with Crippen molar-refractivity contribution in [2.45, 2.75) is 20.3 Å². The first-order valence-electron chi connectivity index (χ1n) is 12.2. The summed E-state index contributed by atoms with van der Waals surface area (Å²) in [7, 11) is 3.19. The lowest BCUT2D eigenvalue weighted by molar-refractivity contribution is -0.115. The van der Waals surface area contributed by atoms with Crippen LogP contribution in [0.25, 0.3) is 21.7 Å². The largest absolute Gasteiger partial charge is 0.493 e. The van der Waals surface area contributed by atoms with Gasteiger partial charge in [0.15, 0.2) is 11.5 Å². The Morgan fingerprint density at radius 2 is 1.54 bits per heavy atom. The normalized spacial score (nSPS) is 10.4. The number of nitrogens with one attached hydrogen (secondary N) is 1. The summed E-state index contributed by atoms with van der Waals surface area (Å²) < 4.78 is 17.1. The number of aromatic nitrogens is 1. The van der Waals surface area contributed by atoms with E-state index in [-0.39, 0.29) is 5.91 Å². The van der Waals surface area contributed by atoms with Crippen LogP contribution in [0.15, 0.2) is 91.1 Å². The van der Waals surface area contributed by atoms with Gasteiger partial charge in [-0.3, -0.25) is 9.78 Å². The Labute approximate surface area is 216 Å². The standard InChI is InChI=1S/C29H24N2O4.C2H6/c1-33-27-17-23-25(18-28(27)34-2)30-14-13-26(23)35-21-11-12-22-20(16-21)9-6-10-24(22)31-29(32)15-19-7-4-3-5-8-19;1-2/h3-14,16-18H,15H2,1-2H3,(H,31,32);1-2H3. The molecular formula is C31H30N2O4. The van der Waals surface area contributed by atoms with Gasteiger partial charge in [0.25, 0.3) is 0 Å². The minimum atomic E-state index is -0.0587. The number of carbonyl (C=O) groups excluding carboxylic acids is 1. The highest BCUT2D eigenvalue weighted by Crippen LogP contribution is 2.37. The number of hydrogen-bond donors (Lipinski definition) is 1. The molecule has 37 heavy (non-hydrogen) atoms. The van der Waals surface area contributed by atoms with E-state index in [9.17, 15) is 4.79 Å². The van der Waals surface area contributed by atoms with E-state index in [4.69, 9.17) is 14.2 Å². The zero-order valence-electron chi connectivity index (χ0n) is 21.4. The van der Waals surface area contributed by atoms with Gasteiger partial charge in [-0.2, -0.15) is 0 Å². The van der Waals surface area contributed by atoms with Crippen molar-refractivity contribution in [1.29, 1.82) is 0 Å². The van der Waals surface area contributed by atoms with Crippen LogP contribution < -0.4 is 19.5 Å². The van der Waals surface area contributed by atoms with E-state index < -0.39 is 0 Å². The fourth-order valence-corrected chi connectivity index (χ4v) is 4.07. The average Bonchev–Trinajstić information content (AvgIpc) is 2.94. The Balaban J connectivity index is 0.00000156. The lowest BCUT2D eigenvalue weighted by Crippen LogP contribution is -2.14. The Morgan fingerprint density at radius 3 is 2.30 bits per heavy atom. The van der Waals surface area contributed by atoms with Crippen molar-refractivity contribution in [3.8, 4) is 23.0 Å². The summed E-state index contributed by atoms with van der Waals surface area (Å²) in [5, 5.41) is 5.74. The molecule has 0 unspecified atom stereocenters. The number of hydrogen-bond acceptors (Lipinski definition) is 5. The van der Waals surface area contributed by atoms with E-state index >= 15 is 0 Å². The molecule has 0 spiro atoms. The number of amides is 1. The van der Waals surface area contributed by atoms with Crippen molar-refractivity contribution in [3.05, 3.63) is 96.7 Å². The molecule has 5 rings (SSSR count). The van der Waals surface area contributed by atoms with Gasteiger partial charge in [0.1, 0.15) is 11.5 Å². The topological polar surface area (TPSA) is 69.7 Å². The number of rotatable bonds is 7. The Kier molecular flexibility index (Phi) is 8.21. The lowest BCUT2D eigenvalue weighted by Gasteiger charge is -2.13. The summed E-state index contributed by atoms with van der Waals surface area (Å²) >= 11 is 0. The number of fused-ring (bicyclic) bond motifs is 2. The highest BCUT2D eigenvalue weighted by Gasteiger charge is 2.12. The highest BCUT2D eigenvalue weighted by molar-refractivity contribution is 6.03. The van der Waals surface area contributed by atoms with Crippen molar-refractivity contribution >= 4 is 33.3 Å². The molecule has 0 aliphatic carbocycles. The van der Waals surface area contributed by atoms with Crippen molar-refractivity contribution in [2.24, 2.45) is 0 Å². The maximum atomic E-state index is 12.6. The van der Waals surface area contributed by atoms with Crippen molar-refractivity contribution in [3.63, 3.8) is 0 Å². The quantitative estimate of drug-likeness (QED) is 0.255. The summed E-state index contributed by atoms with van der Waals surface area (Å²) in [6.45, 7) is 4.00. The van der Waals surface area contributed by atoms with Gasteiger partial charge in [0, 0.05) is 28.7 Å². The summed E-state index contributed by atoms with van der Waals surface area (Å²) in [4.78, 5) is 17.0. The summed E-state index contributed by atoms with van der Waals surface area (Å²) in [6, 6.07) is 26.8. The van der Waals surface area contributed by atoms with E-state index in [0.29, 0.717) is 29.4 Å². The van der Waals surface area contributed by atoms with Crippen molar-refractivity contribution < 1.29 is 19.0 Å². The first kappa shape index (κ1) is 25.5. The third-order valence-electron chi connectivity index (χ3n) is 5.77. The molecule has 6 nitrogen and oxygen atoms in total. The van der Waals surface area contributed by atoms with Crippen LogP contribution >= 0.6 is 0 Å². The summed E-state index contributed by atoms with van der Waals surface area (Å²) in [6.07, 6.45) is 2.02. The van der Waals surface area contributed by atoms with E-state index in [1.54, 1.807) is 20.4 Å². The predicted octanol–water partition coefficient (Wildman–Crippen LogP) is 7.40. The molecule has 0 aliphatic heterocycles. The maximum Gasteiger partial charge on any atom is 0.228 e. The monoisotopic (exact) mass is 494 g/mol. The second-order valence-corrected chi connectivity index (χ2v) is 8.03. The van der Waals surface area contributed by atoms with Gasteiger partial charge >= 0.3 is 0 Å². The molecule has 1 N–H and O–H groups in total. The molecule has 5 aromatic rings. The van der Waals surface area contributed by atoms with Gasteiger partial charge in [-0.15, -0.1) is 0 Å². The molecule has 188 valence electrons. The molecule has 1 heterocycles. The fourth-order valence-electron chi connectivity index (χ4n) is 4.07. The second kappa shape index (κ2) is 11.9. The SMILES string of the molecule is CC.COc1cc2nccc(Oc3ccc4c(NC(=O)Cc5ccccc5)cccc4c3)c2cc1OC. The number of anilines is 1. The number of pyridine rings is 1. The van der Waals surface area contributed by atoms with Gasteiger partial charge in [0.05, 0.1) is 26.2 Å². The molecule has 4 aromatic carbocycles. The van der Waals surface area contributed by atoms with Crippen LogP contribution in [-0.4, -0.2) is 25.1 Å². The smallest absolute Gasteiger partial charge is 0.228 e. The summed E-state index contributed by atoms with van der Waals surface area (Å²) in [5.41, 5.74) is 2.48. The summed E-state index contributed by atoms with van der Waals surface area (Å²) in [5.74, 6) is 2.48. The third-order valence-corrected chi connectivity index (χ3v) is 5.77. The molecule has 0 fully saturated rings. The van der Waals surface area contributed by atoms with Gasteiger partial charge in [-0.25, -0.2) is 0 Å². The average molecular weight is 495 g/mol. The minimum Gasteiger partial charge on any atom is -0.493 e. The van der Waals surface area contributed by atoms with Crippen LogP contribution in [0.2, 0.25) is 0 Å². The molecule has 0 bridgehead atoms. The highest BCUT2D eigenvalue weighted by atomic mass is 16.5. The number of carbonyl (C=O) groups is 1. The van der Waals surface area contributed by atoms with Crippen LogP contribution in [0.1, 0.15) is 19.4 Å². The van der Waals surface area contributed by atoms with E-state index in [2.05, 4.69) is 10.3 Å². The molecule has 0 saturated heterocycles. The molecule has 0 atom stereocenters. The first-order valence-corrected chi connectivity index (χ1v) is 12.2. The van der Waals surface area contributed by atoms with E-state index in [0.717, 1.165) is 32.9 Å². The lowest BCUT2D eigenvalue weighted by atomic mass is 10.1. The Morgan fingerprint density at radius 1 is 0.784 bits per heavy atom. The van der Waals surface area contributed by atoms with Gasteiger partial charge in [-0.1, -0.05) is 56.3 Å².